The van der Waals surface area contributed by atoms with Gasteiger partial charge in [-0.15, -0.1) is 0 Å². The number of allylic oxidation sites excluding steroid dienone is 2. The van der Waals surface area contributed by atoms with Crippen LogP contribution in [0.4, 0.5) is 5.69 Å². The first kappa shape index (κ1) is 12.6. The van der Waals surface area contributed by atoms with Gasteiger partial charge in [-0.3, -0.25) is 4.79 Å². The zero-order valence-corrected chi connectivity index (χ0v) is 11.6. The van der Waals surface area contributed by atoms with Crippen LogP contribution in [-0.4, -0.2) is 18.4 Å². The highest BCUT2D eigenvalue weighted by Gasteiger charge is 2.50. The van der Waals surface area contributed by atoms with E-state index in [0.29, 0.717) is 6.54 Å². The quantitative estimate of drug-likeness (QED) is 0.753. The summed E-state index contributed by atoms with van der Waals surface area (Å²) in [5, 5.41) is 11.5. The molecule has 1 aromatic carbocycles. The second kappa shape index (κ2) is 4.45. The molecule has 4 nitrogen and oxygen atoms in total. The minimum absolute atomic E-state index is 0.0354. The molecule has 0 unspecified atom stereocenters. The van der Waals surface area contributed by atoms with Crippen molar-refractivity contribution in [3.05, 3.63) is 42.0 Å². The van der Waals surface area contributed by atoms with E-state index in [0.717, 1.165) is 24.1 Å². The van der Waals surface area contributed by atoms with Crippen LogP contribution in [-0.2, 0) is 16.0 Å². The van der Waals surface area contributed by atoms with E-state index >= 15 is 0 Å². The van der Waals surface area contributed by atoms with Crippen molar-refractivity contribution in [1.29, 1.82) is 0 Å². The number of para-hydroxylation sites is 1. The van der Waals surface area contributed by atoms with Gasteiger partial charge in [-0.2, -0.15) is 0 Å². The van der Waals surface area contributed by atoms with Gasteiger partial charge in [0, 0.05) is 24.1 Å². The Morgan fingerprint density at radius 3 is 2.57 bits per heavy atom. The monoisotopic (exact) mass is 282 g/mol. The molecule has 0 radical (unpaired) electrons. The van der Waals surface area contributed by atoms with Crippen molar-refractivity contribution in [2.24, 2.45) is 23.7 Å². The summed E-state index contributed by atoms with van der Waals surface area (Å²) in [4.78, 5) is 26.1. The molecule has 2 aliphatic carbocycles. The molecule has 1 aliphatic heterocycles. The van der Waals surface area contributed by atoms with Crippen molar-refractivity contribution < 1.29 is 14.7 Å². The van der Waals surface area contributed by atoms with Gasteiger partial charge in [-0.1, -0.05) is 30.4 Å². The summed E-state index contributed by atoms with van der Waals surface area (Å²) < 4.78 is 0. The summed E-state index contributed by atoms with van der Waals surface area (Å²) in [5.74, 6) is -2.25. The fourth-order valence-corrected chi connectivity index (χ4v) is 4.23. The van der Waals surface area contributed by atoms with E-state index in [1.54, 1.807) is 4.90 Å². The summed E-state index contributed by atoms with van der Waals surface area (Å²) in [7, 11) is 0. The molecular weight excluding hydrogens is 266 g/mol. The number of aliphatic carboxylic acids is 1. The Morgan fingerprint density at radius 2 is 1.81 bits per heavy atom. The van der Waals surface area contributed by atoms with Crippen LogP contribution < -0.4 is 10.0 Å². The maximum Gasteiger partial charge on any atom is 0.231 e. The molecule has 108 valence electrons. The van der Waals surface area contributed by atoms with Crippen LogP contribution in [0.3, 0.4) is 0 Å². The van der Waals surface area contributed by atoms with Gasteiger partial charge in [0.1, 0.15) is 0 Å². The van der Waals surface area contributed by atoms with Gasteiger partial charge in [0.15, 0.2) is 0 Å². The Kier molecular flexibility index (Phi) is 2.67. The Balaban J connectivity index is 1.67. The lowest BCUT2D eigenvalue weighted by Gasteiger charge is -2.31. The summed E-state index contributed by atoms with van der Waals surface area (Å²) in [6.45, 7) is 0.648. The van der Waals surface area contributed by atoms with Crippen molar-refractivity contribution in [3.8, 4) is 0 Å². The largest absolute Gasteiger partial charge is 0.550 e. The third kappa shape index (κ3) is 1.75. The maximum absolute atomic E-state index is 12.9. The summed E-state index contributed by atoms with van der Waals surface area (Å²) in [5.41, 5.74) is 2.10. The van der Waals surface area contributed by atoms with E-state index in [4.69, 9.17) is 0 Å². The summed E-state index contributed by atoms with van der Waals surface area (Å²) in [6, 6.07) is 7.86. The van der Waals surface area contributed by atoms with Gasteiger partial charge in [0.05, 0.1) is 5.92 Å². The fourth-order valence-electron chi connectivity index (χ4n) is 4.23. The van der Waals surface area contributed by atoms with Crippen LogP contribution in [0, 0.1) is 23.7 Å². The molecule has 1 saturated carbocycles. The molecule has 0 aromatic heterocycles. The Labute approximate surface area is 123 Å². The Bertz CT molecular complexity index is 651. The van der Waals surface area contributed by atoms with Crippen molar-refractivity contribution >= 4 is 17.6 Å². The molecule has 21 heavy (non-hydrogen) atoms. The first-order valence-corrected chi connectivity index (χ1v) is 7.45. The van der Waals surface area contributed by atoms with Crippen LogP contribution in [0.1, 0.15) is 12.0 Å². The summed E-state index contributed by atoms with van der Waals surface area (Å²) >= 11 is 0. The Morgan fingerprint density at radius 1 is 1.10 bits per heavy atom. The Hall–Kier alpha value is -2.10. The van der Waals surface area contributed by atoms with E-state index in [2.05, 4.69) is 0 Å². The van der Waals surface area contributed by atoms with Crippen LogP contribution in [0.2, 0.25) is 0 Å². The lowest BCUT2D eigenvalue weighted by Crippen LogP contribution is -2.46. The fraction of sp³-hybridized carbons (Fsp3) is 0.412. The number of carbonyl (C=O) groups excluding carboxylic acids is 2. The second-order valence-electron chi connectivity index (χ2n) is 6.19. The van der Waals surface area contributed by atoms with E-state index < -0.39 is 17.8 Å². The molecular formula is C17H16NO3-. The van der Waals surface area contributed by atoms with Crippen LogP contribution >= 0.6 is 0 Å². The van der Waals surface area contributed by atoms with Gasteiger partial charge in [-0.25, -0.2) is 0 Å². The third-order valence-corrected chi connectivity index (χ3v) is 5.17. The normalized spacial score (nSPS) is 32.5. The van der Waals surface area contributed by atoms with Gasteiger partial charge in [0.25, 0.3) is 0 Å². The predicted octanol–water partition coefficient (Wildman–Crippen LogP) is 0.764. The number of carboxylic acids is 1. The first-order chi connectivity index (χ1) is 10.2. The summed E-state index contributed by atoms with van der Waals surface area (Å²) in [6.07, 6.45) is 5.56. The van der Waals surface area contributed by atoms with Crippen molar-refractivity contribution in [1.82, 2.24) is 0 Å². The average Bonchev–Trinajstić information content (AvgIpc) is 3.19. The lowest BCUT2D eigenvalue weighted by molar-refractivity contribution is -0.313. The van der Waals surface area contributed by atoms with E-state index in [-0.39, 0.29) is 17.7 Å². The van der Waals surface area contributed by atoms with Gasteiger partial charge in [0.2, 0.25) is 5.91 Å². The number of nitrogens with zero attached hydrogens (tertiary/aromatic N) is 1. The number of hydrogen-bond acceptors (Lipinski definition) is 3. The van der Waals surface area contributed by atoms with Crippen molar-refractivity contribution in [3.63, 3.8) is 0 Å². The molecule has 4 heteroatoms. The smallest absolute Gasteiger partial charge is 0.231 e. The van der Waals surface area contributed by atoms with Gasteiger partial charge >= 0.3 is 0 Å². The number of fused-ring (bicyclic) bond motifs is 3. The maximum atomic E-state index is 12.9. The van der Waals surface area contributed by atoms with Crippen molar-refractivity contribution in [2.75, 3.05) is 11.4 Å². The highest BCUT2D eigenvalue weighted by atomic mass is 16.4. The van der Waals surface area contributed by atoms with Crippen LogP contribution in [0.15, 0.2) is 36.4 Å². The molecule has 3 aliphatic rings. The molecule has 0 N–H and O–H groups in total. The van der Waals surface area contributed by atoms with Crippen LogP contribution in [0.25, 0.3) is 0 Å². The number of amides is 1. The first-order valence-electron chi connectivity index (χ1n) is 7.45. The lowest BCUT2D eigenvalue weighted by atomic mass is 9.82. The van der Waals surface area contributed by atoms with Gasteiger partial charge < -0.3 is 14.8 Å². The second-order valence-corrected chi connectivity index (χ2v) is 6.19. The molecule has 4 rings (SSSR count). The highest BCUT2D eigenvalue weighted by Crippen LogP contribution is 2.49. The standard InChI is InChI=1S/C17H17NO3/c19-16(18-8-7-10-3-1-2-4-13(10)18)14-11-5-6-12(9-11)15(14)17(20)21/h1-6,11-12,14-15H,7-9H2,(H,20,21)/p-1/t11-,12-,14+,15+/m1/s1. The highest BCUT2D eigenvalue weighted by molar-refractivity contribution is 5.99. The zero-order valence-electron chi connectivity index (χ0n) is 11.6. The molecule has 1 aromatic rings. The van der Waals surface area contributed by atoms with Gasteiger partial charge in [-0.05, 0) is 36.3 Å². The van der Waals surface area contributed by atoms with Crippen molar-refractivity contribution in [2.45, 2.75) is 12.8 Å². The molecule has 0 spiro atoms. The topological polar surface area (TPSA) is 60.4 Å². The average molecular weight is 282 g/mol. The number of rotatable bonds is 2. The minimum Gasteiger partial charge on any atom is -0.550 e. The SMILES string of the molecule is O=C([O-])[C@@H]1[C@@H](C(=O)N2CCc3ccccc32)[C@@H]2C=C[C@@H]1C2. The number of hydrogen-bond donors (Lipinski definition) is 0. The van der Waals surface area contributed by atoms with Crippen LogP contribution in [0.5, 0.6) is 0 Å². The van der Waals surface area contributed by atoms with E-state index in [1.807, 2.05) is 36.4 Å². The molecule has 2 bridgehead atoms. The number of anilines is 1. The number of carbonyl (C=O) groups is 2. The van der Waals surface area contributed by atoms with E-state index in [1.165, 1.54) is 0 Å². The molecule has 1 amide bonds. The number of benzene rings is 1. The molecule has 0 saturated heterocycles. The molecule has 1 fully saturated rings. The minimum atomic E-state index is -1.09. The zero-order chi connectivity index (χ0) is 14.6. The van der Waals surface area contributed by atoms with E-state index in [9.17, 15) is 14.7 Å². The third-order valence-electron chi connectivity index (χ3n) is 5.17. The molecule has 4 atom stereocenters. The number of carboxylic acid groups (broad SMARTS) is 1. The molecule has 1 heterocycles. The predicted molar refractivity (Wildman–Crippen MR) is 75.2 cm³/mol.